The lowest BCUT2D eigenvalue weighted by Crippen LogP contribution is -2.16. The maximum atomic E-state index is 11.9. The number of Topliss-reactive ketones (excluding diaryl/α,β-unsaturated/α-hetero) is 1. The number of carbonyl (C=O) groups is 2. The van der Waals surface area contributed by atoms with Crippen molar-refractivity contribution in [2.45, 2.75) is 20.5 Å². The molecule has 0 fully saturated rings. The Hall–Kier alpha value is -2.07. The normalized spacial score (nSPS) is 16.1. The molecule has 0 saturated heterocycles. The van der Waals surface area contributed by atoms with Gasteiger partial charge in [0.25, 0.3) is 0 Å². The summed E-state index contributed by atoms with van der Waals surface area (Å²) in [6.45, 7) is 3.16. The van der Waals surface area contributed by atoms with Gasteiger partial charge in [0.05, 0.1) is 17.9 Å². The molecule has 1 N–H and O–H groups in total. The lowest BCUT2D eigenvalue weighted by molar-refractivity contribution is -0.114. The molecule has 0 unspecified atom stereocenters. The fourth-order valence-corrected chi connectivity index (χ4v) is 1.91. The Bertz CT molecular complexity index is 580. The first-order valence-electron chi connectivity index (χ1n) is 5.59. The van der Waals surface area contributed by atoms with Crippen LogP contribution >= 0.6 is 0 Å². The molecule has 0 aromatic carbocycles. The van der Waals surface area contributed by atoms with Crippen LogP contribution in [0.3, 0.4) is 0 Å². The van der Waals surface area contributed by atoms with Crippen LogP contribution in [0.2, 0.25) is 0 Å². The average molecular weight is 243 g/mol. The third-order valence-electron chi connectivity index (χ3n) is 2.93. The van der Waals surface area contributed by atoms with Gasteiger partial charge in [-0.3, -0.25) is 14.6 Å². The highest BCUT2D eigenvalue weighted by Gasteiger charge is 2.25. The van der Waals surface area contributed by atoms with Crippen molar-refractivity contribution >= 4 is 17.1 Å². The summed E-state index contributed by atoms with van der Waals surface area (Å²) >= 11 is 0. The SMILES string of the molecule is CC1=CC(=O)C(c2ccc(CO)cn2)=C(C)C1=O. The van der Waals surface area contributed by atoms with E-state index in [0.29, 0.717) is 28.0 Å². The average Bonchev–Trinajstić information content (AvgIpc) is 2.37. The van der Waals surface area contributed by atoms with Crippen LogP contribution < -0.4 is 0 Å². The number of pyridine rings is 1. The van der Waals surface area contributed by atoms with E-state index in [0.717, 1.165) is 0 Å². The molecule has 0 spiro atoms. The van der Waals surface area contributed by atoms with Gasteiger partial charge in [-0.15, -0.1) is 0 Å². The van der Waals surface area contributed by atoms with Crippen molar-refractivity contribution in [3.8, 4) is 0 Å². The Balaban J connectivity index is 2.49. The monoisotopic (exact) mass is 243 g/mol. The number of aliphatic hydroxyl groups excluding tert-OH is 1. The summed E-state index contributed by atoms with van der Waals surface area (Å²) in [7, 11) is 0. The predicted octanol–water partition coefficient (Wildman–Crippen LogP) is 1.45. The van der Waals surface area contributed by atoms with Crippen LogP contribution in [0.15, 0.2) is 35.6 Å². The third kappa shape index (κ3) is 2.02. The lowest BCUT2D eigenvalue weighted by atomic mass is 9.89. The van der Waals surface area contributed by atoms with Gasteiger partial charge in [0.2, 0.25) is 0 Å². The Kier molecular flexibility index (Phi) is 3.21. The first-order valence-corrected chi connectivity index (χ1v) is 5.59. The minimum atomic E-state index is -0.200. The van der Waals surface area contributed by atoms with Crippen LogP contribution in [0.5, 0.6) is 0 Å². The maximum Gasteiger partial charge on any atom is 0.188 e. The fraction of sp³-hybridized carbons (Fsp3) is 0.214. The number of aromatic nitrogens is 1. The van der Waals surface area contributed by atoms with Crippen LogP contribution in [-0.2, 0) is 16.2 Å². The molecule has 0 radical (unpaired) electrons. The van der Waals surface area contributed by atoms with E-state index in [4.69, 9.17) is 5.11 Å². The minimum absolute atomic E-state index is 0.100. The summed E-state index contributed by atoms with van der Waals surface area (Å²) in [5, 5.41) is 8.94. The first-order chi connectivity index (χ1) is 8.54. The first kappa shape index (κ1) is 12.4. The number of hydrogen-bond acceptors (Lipinski definition) is 4. The summed E-state index contributed by atoms with van der Waals surface area (Å²) < 4.78 is 0. The molecule has 0 bridgehead atoms. The highest BCUT2D eigenvalue weighted by molar-refractivity contribution is 6.36. The van der Waals surface area contributed by atoms with Gasteiger partial charge in [-0.2, -0.15) is 0 Å². The van der Waals surface area contributed by atoms with Crippen molar-refractivity contribution in [2.75, 3.05) is 0 Å². The molecule has 4 heteroatoms. The molecule has 18 heavy (non-hydrogen) atoms. The molecule has 2 rings (SSSR count). The second kappa shape index (κ2) is 4.66. The van der Waals surface area contributed by atoms with Gasteiger partial charge < -0.3 is 5.11 Å². The van der Waals surface area contributed by atoms with Crippen molar-refractivity contribution in [1.29, 1.82) is 0 Å². The number of ketones is 2. The molecule has 92 valence electrons. The number of hydrogen-bond donors (Lipinski definition) is 1. The highest BCUT2D eigenvalue weighted by atomic mass is 16.3. The van der Waals surface area contributed by atoms with Crippen LogP contribution in [0.25, 0.3) is 5.57 Å². The van der Waals surface area contributed by atoms with Crippen LogP contribution in [0.1, 0.15) is 25.1 Å². The van der Waals surface area contributed by atoms with Gasteiger partial charge in [0.1, 0.15) is 0 Å². The van der Waals surface area contributed by atoms with E-state index in [1.165, 1.54) is 12.3 Å². The highest BCUT2D eigenvalue weighted by Crippen LogP contribution is 2.25. The second-order valence-electron chi connectivity index (χ2n) is 4.23. The summed E-state index contributed by atoms with van der Waals surface area (Å²) in [5.74, 6) is -0.327. The van der Waals surface area contributed by atoms with E-state index >= 15 is 0 Å². The van der Waals surface area contributed by atoms with Gasteiger partial charge in [-0.25, -0.2) is 0 Å². The Morgan fingerprint density at radius 3 is 2.50 bits per heavy atom. The molecule has 1 aromatic heterocycles. The number of aliphatic hydroxyl groups is 1. The zero-order valence-electron chi connectivity index (χ0n) is 10.2. The minimum Gasteiger partial charge on any atom is -0.392 e. The van der Waals surface area contributed by atoms with Crippen LogP contribution in [-0.4, -0.2) is 21.7 Å². The summed E-state index contributed by atoms with van der Waals surface area (Å²) in [5.41, 5.74) is 2.35. The quantitative estimate of drug-likeness (QED) is 0.798. The summed E-state index contributed by atoms with van der Waals surface area (Å²) in [6.07, 6.45) is 2.84. The maximum absolute atomic E-state index is 11.9. The molecule has 0 atom stereocenters. The van der Waals surface area contributed by atoms with Crippen molar-refractivity contribution in [2.24, 2.45) is 0 Å². The fourth-order valence-electron chi connectivity index (χ4n) is 1.91. The van der Waals surface area contributed by atoms with Crippen molar-refractivity contribution in [3.05, 3.63) is 46.8 Å². The van der Waals surface area contributed by atoms with Gasteiger partial charge >= 0.3 is 0 Å². The van der Waals surface area contributed by atoms with Crippen molar-refractivity contribution in [3.63, 3.8) is 0 Å². The van der Waals surface area contributed by atoms with E-state index in [1.807, 2.05) is 0 Å². The van der Waals surface area contributed by atoms with Crippen molar-refractivity contribution in [1.82, 2.24) is 4.98 Å². The number of nitrogens with zero attached hydrogens (tertiary/aromatic N) is 1. The topological polar surface area (TPSA) is 67.3 Å². The van der Waals surface area contributed by atoms with Crippen LogP contribution in [0, 0.1) is 0 Å². The molecule has 1 aliphatic rings. The summed E-state index contributed by atoms with van der Waals surface area (Å²) in [4.78, 5) is 27.9. The molecular formula is C14H13NO3. The van der Waals surface area contributed by atoms with Gasteiger partial charge in [-0.1, -0.05) is 6.07 Å². The zero-order valence-corrected chi connectivity index (χ0v) is 10.2. The van der Waals surface area contributed by atoms with Gasteiger partial charge in [0.15, 0.2) is 11.6 Å². The lowest BCUT2D eigenvalue weighted by Gasteiger charge is -2.14. The third-order valence-corrected chi connectivity index (χ3v) is 2.93. The molecule has 1 heterocycles. The Labute approximate surface area is 105 Å². The molecule has 0 aliphatic heterocycles. The Morgan fingerprint density at radius 1 is 1.22 bits per heavy atom. The van der Waals surface area contributed by atoms with E-state index < -0.39 is 0 Å². The standard InChI is InChI=1S/C14H13NO3/c1-8-5-12(17)13(9(2)14(8)18)11-4-3-10(7-16)6-15-11/h3-6,16H,7H2,1-2H3. The van der Waals surface area contributed by atoms with Crippen LogP contribution in [0.4, 0.5) is 0 Å². The number of allylic oxidation sites excluding steroid dienone is 4. The number of carbonyl (C=O) groups excluding carboxylic acids is 2. The summed E-state index contributed by atoms with van der Waals surface area (Å²) in [6, 6.07) is 3.33. The molecule has 0 amide bonds. The predicted molar refractivity (Wildman–Crippen MR) is 66.5 cm³/mol. The van der Waals surface area contributed by atoms with E-state index in [-0.39, 0.29) is 18.2 Å². The molecule has 0 saturated carbocycles. The second-order valence-corrected chi connectivity index (χ2v) is 4.23. The van der Waals surface area contributed by atoms with E-state index in [9.17, 15) is 9.59 Å². The van der Waals surface area contributed by atoms with Crippen molar-refractivity contribution < 1.29 is 14.7 Å². The van der Waals surface area contributed by atoms with Gasteiger partial charge in [0, 0.05) is 17.3 Å². The smallest absolute Gasteiger partial charge is 0.188 e. The molecule has 1 aliphatic carbocycles. The largest absolute Gasteiger partial charge is 0.392 e. The molecular weight excluding hydrogens is 230 g/mol. The van der Waals surface area contributed by atoms with E-state index in [2.05, 4.69) is 4.98 Å². The molecule has 1 aromatic rings. The van der Waals surface area contributed by atoms with Gasteiger partial charge in [-0.05, 0) is 31.6 Å². The zero-order chi connectivity index (χ0) is 13.3. The molecule has 4 nitrogen and oxygen atoms in total. The number of rotatable bonds is 2. The van der Waals surface area contributed by atoms with E-state index in [1.54, 1.807) is 26.0 Å². The Morgan fingerprint density at radius 2 is 1.94 bits per heavy atom.